The van der Waals surface area contributed by atoms with Gasteiger partial charge in [-0.15, -0.1) is 0 Å². The van der Waals surface area contributed by atoms with E-state index in [0.29, 0.717) is 12.5 Å². The third-order valence-electron chi connectivity index (χ3n) is 5.91. The molecule has 4 rings (SSSR count). The highest BCUT2D eigenvalue weighted by molar-refractivity contribution is 5.75. The van der Waals surface area contributed by atoms with Gasteiger partial charge in [0.05, 0.1) is 12.6 Å². The average molecular weight is 300 g/mol. The van der Waals surface area contributed by atoms with Gasteiger partial charge in [0.2, 0.25) is 0 Å². The van der Waals surface area contributed by atoms with Crippen molar-refractivity contribution in [2.75, 3.05) is 6.61 Å². The molecule has 4 nitrogen and oxygen atoms in total. The van der Waals surface area contributed by atoms with Crippen molar-refractivity contribution in [3.8, 4) is 0 Å². The van der Waals surface area contributed by atoms with Crippen LogP contribution in [0.1, 0.15) is 24.8 Å². The minimum atomic E-state index is -0.224. The number of carbonyl (C=O) groups is 1. The summed E-state index contributed by atoms with van der Waals surface area (Å²) in [4.78, 5) is 12.2. The van der Waals surface area contributed by atoms with Gasteiger partial charge in [0.1, 0.15) is 0 Å². The van der Waals surface area contributed by atoms with Crippen LogP contribution in [0.25, 0.3) is 0 Å². The Kier molecular flexibility index (Phi) is 3.57. The van der Waals surface area contributed by atoms with Crippen LogP contribution in [0.3, 0.4) is 0 Å². The van der Waals surface area contributed by atoms with Gasteiger partial charge in [-0.05, 0) is 54.9 Å². The van der Waals surface area contributed by atoms with Crippen molar-refractivity contribution in [3.63, 3.8) is 0 Å². The molecule has 3 N–H and O–H groups in total. The fraction of sp³-hybridized carbons (Fsp3) is 0.611. The molecule has 3 aliphatic rings. The number of fused-ring (bicyclic) bond motifs is 5. The Hall–Kier alpha value is -1.55. The molecule has 1 aromatic carbocycles. The summed E-state index contributed by atoms with van der Waals surface area (Å²) in [5.41, 5.74) is 1.13. The molecule has 0 unspecified atom stereocenters. The summed E-state index contributed by atoms with van der Waals surface area (Å²) in [6, 6.07) is 10.0. The highest BCUT2D eigenvalue weighted by Crippen LogP contribution is 2.65. The lowest BCUT2D eigenvalue weighted by molar-refractivity contribution is 0.214. The van der Waals surface area contributed by atoms with Crippen LogP contribution in [-0.4, -0.2) is 29.8 Å². The van der Waals surface area contributed by atoms with Crippen LogP contribution in [0.15, 0.2) is 30.3 Å². The fourth-order valence-electron chi connectivity index (χ4n) is 4.96. The predicted molar refractivity (Wildman–Crippen MR) is 84.3 cm³/mol. The highest BCUT2D eigenvalue weighted by atomic mass is 16.3. The molecule has 4 heteroatoms. The van der Waals surface area contributed by atoms with E-state index < -0.39 is 0 Å². The lowest BCUT2D eigenvalue weighted by Gasteiger charge is -2.18. The number of urea groups is 1. The maximum Gasteiger partial charge on any atom is 0.315 e. The van der Waals surface area contributed by atoms with Crippen molar-refractivity contribution in [1.82, 2.24) is 10.6 Å². The molecule has 22 heavy (non-hydrogen) atoms. The van der Waals surface area contributed by atoms with Crippen LogP contribution in [-0.2, 0) is 6.42 Å². The summed E-state index contributed by atoms with van der Waals surface area (Å²) in [6.45, 7) is -0.0366. The summed E-state index contributed by atoms with van der Waals surface area (Å²) in [6.07, 6.45) is 4.77. The molecule has 0 saturated heterocycles. The summed E-state index contributed by atoms with van der Waals surface area (Å²) in [7, 11) is 0. The van der Waals surface area contributed by atoms with E-state index in [0.717, 1.165) is 29.2 Å². The van der Waals surface area contributed by atoms with E-state index in [-0.39, 0.29) is 18.7 Å². The number of benzene rings is 1. The van der Waals surface area contributed by atoms with Gasteiger partial charge in [-0.1, -0.05) is 30.3 Å². The minimum absolute atomic E-state index is 0.0366. The smallest absolute Gasteiger partial charge is 0.315 e. The number of carbonyl (C=O) groups excluding carboxylic acids is 1. The van der Waals surface area contributed by atoms with E-state index in [1.165, 1.54) is 19.3 Å². The van der Waals surface area contributed by atoms with Crippen molar-refractivity contribution in [2.24, 2.45) is 23.7 Å². The van der Waals surface area contributed by atoms with Crippen LogP contribution < -0.4 is 10.6 Å². The van der Waals surface area contributed by atoms with Gasteiger partial charge in [0, 0.05) is 6.04 Å². The molecule has 3 fully saturated rings. The molecule has 118 valence electrons. The summed E-state index contributed by atoms with van der Waals surface area (Å²) in [5.74, 6) is 3.20. The molecule has 2 bridgehead atoms. The standard InChI is InChI=1S/C18H24N2O2/c21-10-14(8-11-4-2-1-3-5-11)19-18(22)20-17-15-12-6-7-13(9-12)16(15)17/h1-5,12-17,21H,6-10H2,(H2,19,20,22)/t12-,13-,14-,15+,16+/m0/s1. The Balaban J connectivity index is 1.28. The second kappa shape index (κ2) is 5.58. The number of nitrogens with one attached hydrogen (secondary N) is 2. The van der Waals surface area contributed by atoms with Crippen LogP contribution in [0.4, 0.5) is 4.79 Å². The molecule has 5 atom stereocenters. The Morgan fingerprint density at radius 1 is 1.18 bits per heavy atom. The maximum absolute atomic E-state index is 12.2. The Labute approximate surface area is 131 Å². The van der Waals surface area contributed by atoms with Crippen LogP contribution in [0, 0.1) is 23.7 Å². The van der Waals surface area contributed by atoms with Crippen molar-refractivity contribution in [1.29, 1.82) is 0 Å². The second-order valence-electron chi connectivity index (χ2n) is 7.20. The SMILES string of the molecule is O=C(NC1[C@@H]2[C@H]3CC[C@@H](C3)[C@@H]12)N[C@H](CO)Cc1ccccc1. The molecular weight excluding hydrogens is 276 g/mol. The van der Waals surface area contributed by atoms with Gasteiger partial charge >= 0.3 is 6.03 Å². The third-order valence-corrected chi connectivity index (χ3v) is 5.91. The van der Waals surface area contributed by atoms with E-state index in [1.807, 2.05) is 30.3 Å². The molecule has 0 aliphatic heterocycles. The van der Waals surface area contributed by atoms with E-state index >= 15 is 0 Å². The topological polar surface area (TPSA) is 61.4 Å². The Bertz CT molecular complexity index is 531. The van der Waals surface area contributed by atoms with Crippen LogP contribution in [0.2, 0.25) is 0 Å². The molecule has 3 saturated carbocycles. The zero-order chi connectivity index (χ0) is 15.1. The summed E-state index contributed by atoms with van der Waals surface area (Å²) in [5, 5.41) is 15.6. The van der Waals surface area contributed by atoms with Crippen molar-refractivity contribution in [2.45, 2.75) is 37.8 Å². The largest absolute Gasteiger partial charge is 0.394 e. The molecule has 0 aromatic heterocycles. The first kappa shape index (κ1) is 14.1. The number of aliphatic hydroxyl groups is 1. The second-order valence-corrected chi connectivity index (χ2v) is 7.20. The number of hydrogen-bond donors (Lipinski definition) is 3. The van der Waals surface area contributed by atoms with E-state index in [1.54, 1.807) is 0 Å². The van der Waals surface area contributed by atoms with E-state index in [4.69, 9.17) is 0 Å². The minimum Gasteiger partial charge on any atom is -0.394 e. The highest BCUT2D eigenvalue weighted by Gasteiger charge is 2.65. The quantitative estimate of drug-likeness (QED) is 0.778. The number of hydrogen-bond acceptors (Lipinski definition) is 2. The Morgan fingerprint density at radius 3 is 2.50 bits per heavy atom. The zero-order valence-electron chi connectivity index (χ0n) is 12.7. The van der Waals surface area contributed by atoms with Gasteiger partial charge in [0.25, 0.3) is 0 Å². The molecule has 0 spiro atoms. The normalized spacial score (nSPS) is 35.8. The monoisotopic (exact) mass is 300 g/mol. The molecule has 0 heterocycles. The van der Waals surface area contributed by atoms with E-state index in [9.17, 15) is 9.90 Å². The van der Waals surface area contributed by atoms with Gasteiger partial charge in [0.15, 0.2) is 0 Å². The molecular formula is C18H24N2O2. The summed E-state index contributed by atoms with van der Waals surface area (Å²) >= 11 is 0. The number of rotatable bonds is 5. The van der Waals surface area contributed by atoms with Crippen LogP contribution >= 0.6 is 0 Å². The molecule has 2 amide bonds. The lowest BCUT2D eigenvalue weighted by atomic mass is 10.0. The number of amides is 2. The summed E-state index contributed by atoms with van der Waals surface area (Å²) < 4.78 is 0. The van der Waals surface area contributed by atoms with Gasteiger partial charge in [-0.25, -0.2) is 4.79 Å². The lowest BCUT2D eigenvalue weighted by Crippen LogP contribution is -2.46. The number of aliphatic hydroxyl groups excluding tert-OH is 1. The van der Waals surface area contributed by atoms with Gasteiger partial charge < -0.3 is 15.7 Å². The van der Waals surface area contributed by atoms with Crippen LogP contribution in [0.5, 0.6) is 0 Å². The predicted octanol–water partition coefficient (Wildman–Crippen LogP) is 1.93. The third kappa shape index (κ3) is 2.50. The van der Waals surface area contributed by atoms with Crippen molar-refractivity contribution >= 4 is 6.03 Å². The first-order chi connectivity index (χ1) is 10.8. The van der Waals surface area contributed by atoms with Crippen molar-refractivity contribution in [3.05, 3.63) is 35.9 Å². The first-order valence-corrected chi connectivity index (χ1v) is 8.48. The zero-order valence-corrected chi connectivity index (χ0v) is 12.7. The van der Waals surface area contributed by atoms with E-state index in [2.05, 4.69) is 10.6 Å². The van der Waals surface area contributed by atoms with Gasteiger partial charge in [-0.3, -0.25) is 0 Å². The van der Waals surface area contributed by atoms with Crippen molar-refractivity contribution < 1.29 is 9.90 Å². The molecule has 1 aromatic rings. The fourth-order valence-corrected chi connectivity index (χ4v) is 4.96. The Morgan fingerprint density at radius 2 is 1.86 bits per heavy atom. The van der Waals surface area contributed by atoms with Gasteiger partial charge in [-0.2, -0.15) is 0 Å². The maximum atomic E-state index is 12.2. The molecule has 0 radical (unpaired) electrons. The molecule has 3 aliphatic carbocycles. The first-order valence-electron chi connectivity index (χ1n) is 8.48. The average Bonchev–Trinajstić information content (AvgIpc) is 2.93.